The van der Waals surface area contributed by atoms with Gasteiger partial charge in [-0.05, 0) is 47.4 Å². The highest BCUT2D eigenvalue weighted by atomic mass is 35.8. The van der Waals surface area contributed by atoms with Crippen LogP contribution in [-0.2, 0) is 9.53 Å². The summed E-state index contributed by atoms with van der Waals surface area (Å²) in [4.78, 5) is 11.9. The number of halogens is 3. The largest absolute Gasteiger partial charge is 0.497 e. The minimum Gasteiger partial charge on any atom is -0.497 e. The summed E-state index contributed by atoms with van der Waals surface area (Å²) in [5.41, 5.74) is 3.17. The van der Waals surface area contributed by atoms with Crippen LogP contribution in [0.25, 0.3) is 17.2 Å². The molecule has 168 valence electrons. The molecule has 2 rings (SSSR count). The standard InChI is InChI=1S/C24H29Cl3O3Si/c1-29-23-15-13-22(14-16-23)21-11-8-20(9-12-21)10-17-24(28)30-18-6-4-2-3-5-7-19-31(25,26)27/h8-17H,2-7,18-19H2,1H3/b17-10+. The minimum atomic E-state index is -2.46. The van der Waals surface area contributed by atoms with Crippen molar-refractivity contribution >= 4 is 51.3 Å². The summed E-state index contributed by atoms with van der Waals surface area (Å²) < 4.78 is 10.5. The SMILES string of the molecule is COc1ccc(-c2ccc(/C=C/C(=O)OCCCCCCCC[Si](Cl)(Cl)Cl)cc2)cc1. The zero-order valence-corrected chi connectivity index (χ0v) is 21.1. The lowest BCUT2D eigenvalue weighted by Crippen LogP contribution is -2.07. The third-order valence-corrected chi connectivity index (χ3v) is 7.47. The summed E-state index contributed by atoms with van der Waals surface area (Å²) in [6, 6.07) is 14.2. The highest BCUT2D eigenvalue weighted by Crippen LogP contribution is 2.27. The molecule has 2 aromatic carbocycles. The van der Waals surface area contributed by atoms with Crippen LogP contribution < -0.4 is 4.74 Å². The summed E-state index contributed by atoms with van der Waals surface area (Å²) in [5.74, 6) is 0.520. The molecule has 0 heterocycles. The van der Waals surface area contributed by atoms with E-state index in [1.165, 1.54) is 6.08 Å². The maximum atomic E-state index is 11.9. The van der Waals surface area contributed by atoms with E-state index in [-0.39, 0.29) is 5.97 Å². The topological polar surface area (TPSA) is 35.5 Å². The second-order valence-corrected chi connectivity index (χ2v) is 16.6. The van der Waals surface area contributed by atoms with E-state index in [9.17, 15) is 4.79 Å². The average Bonchev–Trinajstić information content (AvgIpc) is 2.76. The van der Waals surface area contributed by atoms with Crippen molar-refractivity contribution in [2.45, 2.75) is 44.6 Å². The Balaban J connectivity index is 1.62. The van der Waals surface area contributed by atoms with Crippen LogP contribution >= 0.6 is 33.2 Å². The van der Waals surface area contributed by atoms with Crippen LogP contribution in [-0.4, -0.2) is 25.7 Å². The van der Waals surface area contributed by atoms with E-state index in [1.807, 2.05) is 48.5 Å². The summed E-state index contributed by atoms with van der Waals surface area (Å²) in [7, 11) is 1.65. The van der Waals surface area contributed by atoms with Gasteiger partial charge in [-0.15, -0.1) is 33.2 Å². The van der Waals surface area contributed by atoms with Crippen molar-refractivity contribution in [3.05, 3.63) is 60.2 Å². The van der Waals surface area contributed by atoms with Crippen LogP contribution in [0.15, 0.2) is 54.6 Å². The molecule has 7 heteroatoms. The molecule has 0 amide bonds. The third-order valence-electron chi connectivity index (χ3n) is 4.84. The van der Waals surface area contributed by atoms with Gasteiger partial charge < -0.3 is 9.47 Å². The molecule has 2 aromatic rings. The number of unbranched alkanes of at least 4 members (excludes halogenated alkanes) is 5. The van der Waals surface area contributed by atoms with Crippen molar-refractivity contribution in [3.8, 4) is 16.9 Å². The molecular formula is C24H29Cl3O3Si. The molecule has 0 unspecified atom stereocenters. The van der Waals surface area contributed by atoms with E-state index in [0.717, 1.165) is 67.0 Å². The monoisotopic (exact) mass is 498 g/mol. The van der Waals surface area contributed by atoms with Crippen LogP contribution in [0.2, 0.25) is 6.04 Å². The normalized spacial score (nSPS) is 11.6. The van der Waals surface area contributed by atoms with Gasteiger partial charge in [-0.3, -0.25) is 0 Å². The van der Waals surface area contributed by atoms with E-state index >= 15 is 0 Å². The van der Waals surface area contributed by atoms with Gasteiger partial charge in [-0.25, -0.2) is 4.79 Å². The number of hydrogen-bond donors (Lipinski definition) is 0. The van der Waals surface area contributed by atoms with Crippen molar-refractivity contribution in [1.29, 1.82) is 0 Å². The fourth-order valence-electron chi connectivity index (χ4n) is 3.09. The molecule has 0 aliphatic carbocycles. The molecule has 0 aliphatic heterocycles. The Labute approximate surface area is 200 Å². The highest BCUT2D eigenvalue weighted by molar-refractivity contribution is 7.64. The first-order chi connectivity index (χ1) is 14.9. The summed E-state index contributed by atoms with van der Waals surface area (Å²) >= 11 is 17.6. The molecule has 0 aliphatic rings. The fourth-order valence-corrected chi connectivity index (χ4v) is 4.94. The highest BCUT2D eigenvalue weighted by Gasteiger charge is 2.23. The first-order valence-corrected chi connectivity index (χ1v) is 15.8. The molecule has 0 saturated carbocycles. The van der Waals surface area contributed by atoms with Crippen LogP contribution in [0.3, 0.4) is 0 Å². The second kappa shape index (κ2) is 13.8. The summed E-state index contributed by atoms with van der Waals surface area (Å²) in [6.07, 6.45) is 9.44. The lowest BCUT2D eigenvalue weighted by molar-refractivity contribution is -0.137. The molecule has 0 fully saturated rings. The smallest absolute Gasteiger partial charge is 0.341 e. The van der Waals surface area contributed by atoms with E-state index in [0.29, 0.717) is 6.61 Å². The Kier molecular flexibility index (Phi) is 11.5. The molecule has 0 atom stereocenters. The lowest BCUT2D eigenvalue weighted by Gasteiger charge is -2.07. The maximum Gasteiger partial charge on any atom is 0.341 e. The lowest BCUT2D eigenvalue weighted by atomic mass is 10.0. The van der Waals surface area contributed by atoms with Crippen LogP contribution in [0, 0.1) is 0 Å². The van der Waals surface area contributed by atoms with Gasteiger partial charge >= 0.3 is 12.0 Å². The second-order valence-electron chi connectivity index (χ2n) is 7.34. The van der Waals surface area contributed by atoms with Gasteiger partial charge in [0.2, 0.25) is 0 Å². The molecular weight excluding hydrogens is 471 g/mol. The Morgan fingerprint density at radius 2 is 1.39 bits per heavy atom. The minimum absolute atomic E-state index is 0.313. The third kappa shape index (κ3) is 11.1. The van der Waals surface area contributed by atoms with E-state index in [2.05, 4.69) is 0 Å². The zero-order chi connectivity index (χ0) is 22.5. The molecule has 0 aromatic heterocycles. The van der Waals surface area contributed by atoms with Crippen LogP contribution in [0.4, 0.5) is 0 Å². The van der Waals surface area contributed by atoms with Gasteiger partial charge in [-0.2, -0.15) is 0 Å². The number of carbonyl (C=O) groups excluding carboxylic acids is 1. The van der Waals surface area contributed by atoms with Crippen molar-refractivity contribution in [2.75, 3.05) is 13.7 Å². The number of esters is 1. The first kappa shape index (κ1) is 25.8. The van der Waals surface area contributed by atoms with Crippen LogP contribution in [0.1, 0.15) is 44.1 Å². The van der Waals surface area contributed by atoms with Gasteiger partial charge in [0, 0.05) is 6.08 Å². The Bertz CT molecular complexity index is 815. The Morgan fingerprint density at radius 1 is 0.839 bits per heavy atom. The predicted octanol–water partition coefficient (Wildman–Crippen LogP) is 7.91. The number of rotatable bonds is 13. The first-order valence-electron chi connectivity index (χ1n) is 10.5. The summed E-state index contributed by atoms with van der Waals surface area (Å²) in [6.45, 7) is 0.445. The van der Waals surface area contributed by atoms with Crippen molar-refractivity contribution in [2.24, 2.45) is 0 Å². The van der Waals surface area contributed by atoms with Gasteiger partial charge in [0.1, 0.15) is 5.75 Å². The number of carbonyl (C=O) groups is 1. The zero-order valence-electron chi connectivity index (χ0n) is 17.8. The quantitative estimate of drug-likeness (QED) is 0.0923. The Hall–Kier alpha value is -1.46. The van der Waals surface area contributed by atoms with Crippen molar-refractivity contribution in [3.63, 3.8) is 0 Å². The van der Waals surface area contributed by atoms with Crippen molar-refractivity contribution in [1.82, 2.24) is 0 Å². The number of benzene rings is 2. The van der Waals surface area contributed by atoms with E-state index < -0.39 is 6.00 Å². The van der Waals surface area contributed by atoms with Gasteiger partial charge in [0.05, 0.1) is 13.7 Å². The molecule has 0 bridgehead atoms. The number of hydrogen-bond acceptors (Lipinski definition) is 3. The molecule has 0 saturated heterocycles. The Morgan fingerprint density at radius 3 is 1.97 bits per heavy atom. The molecule has 0 spiro atoms. The van der Waals surface area contributed by atoms with E-state index in [4.69, 9.17) is 42.7 Å². The predicted molar refractivity (Wildman–Crippen MR) is 134 cm³/mol. The van der Waals surface area contributed by atoms with Crippen molar-refractivity contribution < 1.29 is 14.3 Å². The number of methoxy groups -OCH3 is 1. The van der Waals surface area contributed by atoms with Crippen LogP contribution in [0.5, 0.6) is 5.75 Å². The average molecular weight is 500 g/mol. The van der Waals surface area contributed by atoms with E-state index in [1.54, 1.807) is 13.2 Å². The molecule has 0 radical (unpaired) electrons. The fraction of sp³-hybridized carbons (Fsp3) is 0.375. The molecule has 0 N–H and O–H groups in total. The maximum absolute atomic E-state index is 11.9. The molecule has 31 heavy (non-hydrogen) atoms. The summed E-state index contributed by atoms with van der Waals surface area (Å²) in [5, 5.41) is 0. The molecule has 3 nitrogen and oxygen atoms in total. The van der Waals surface area contributed by atoms with Gasteiger partial charge in [0.25, 0.3) is 0 Å². The van der Waals surface area contributed by atoms with Gasteiger partial charge in [-0.1, -0.05) is 68.5 Å². The number of ether oxygens (including phenoxy) is 2. The van der Waals surface area contributed by atoms with Gasteiger partial charge in [0.15, 0.2) is 0 Å².